The quantitative estimate of drug-likeness (QED) is 0.922. The van der Waals surface area contributed by atoms with Crippen LogP contribution in [-0.2, 0) is 6.54 Å². The van der Waals surface area contributed by atoms with Crippen LogP contribution in [0.4, 0.5) is 5.69 Å². The van der Waals surface area contributed by atoms with E-state index in [0.717, 1.165) is 5.69 Å². The maximum Gasteiger partial charge on any atom is 0.174 e. The second-order valence-electron chi connectivity index (χ2n) is 2.70. The van der Waals surface area contributed by atoms with Crippen molar-refractivity contribution in [1.29, 1.82) is 0 Å². The average Bonchev–Trinajstić information content (AvgIpc) is 2.72. The van der Waals surface area contributed by atoms with Gasteiger partial charge in [0.1, 0.15) is 0 Å². The van der Waals surface area contributed by atoms with E-state index in [-0.39, 0.29) is 0 Å². The normalized spacial score (nSPS) is 10.3. The topological polar surface area (TPSA) is 50.7 Å². The van der Waals surface area contributed by atoms with Crippen LogP contribution < -0.4 is 5.32 Å². The zero-order chi connectivity index (χ0) is 10.7. The van der Waals surface area contributed by atoms with Gasteiger partial charge in [-0.3, -0.25) is 0 Å². The van der Waals surface area contributed by atoms with Gasteiger partial charge in [0.2, 0.25) is 0 Å². The van der Waals surface area contributed by atoms with Crippen molar-refractivity contribution in [3.8, 4) is 0 Å². The number of rotatable bonds is 3. The van der Waals surface area contributed by atoms with Gasteiger partial charge in [-0.15, -0.1) is 21.5 Å². The standard InChI is InChI=1S/C8H6Cl2N4S/c9-7-1-6(8(10)14-13-7)11-2-5-3-15-4-12-5/h1,3-4H,2H2,(H,11,13). The summed E-state index contributed by atoms with van der Waals surface area (Å²) in [4.78, 5) is 4.13. The molecule has 0 fully saturated rings. The SMILES string of the molecule is Clc1cc(NCc2cscn2)c(Cl)nn1. The summed E-state index contributed by atoms with van der Waals surface area (Å²) in [6, 6.07) is 1.63. The van der Waals surface area contributed by atoms with Crippen molar-refractivity contribution >= 4 is 40.2 Å². The number of aromatic nitrogens is 3. The van der Waals surface area contributed by atoms with E-state index in [9.17, 15) is 0 Å². The molecule has 0 aromatic carbocycles. The lowest BCUT2D eigenvalue weighted by Crippen LogP contribution is -2.01. The van der Waals surface area contributed by atoms with Crippen LogP contribution in [0.25, 0.3) is 0 Å². The van der Waals surface area contributed by atoms with Gasteiger partial charge in [-0.2, -0.15) is 0 Å². The first kappa shape index (κ1) is 10.6. The summed E-state index contributed by atoms with van der Waals surface area (Å²) in [6.07, 6.45) is 0. The van der Waals surface area contributed by atoms with Gasteiger partial charge in [0.05, 0.1) is 23.4 Å². The van der Waals surface area contributed by atoms with Crippen LogP contribution in [0, 0.1) is 0 Å². The van der Waals surface area contributed by atoms with Crippen LogP contribution >= 0.6 is 34.5 Å². The highest BCUT2D eigenvalue weighted by molar-refractivity contribution is 7.07. The molecule has 0 saturated heterocycles. The van der Waals surface area contributed by atoms with Gasteiger partial charge >= 0.3 is 0 Å². The molecule has 0 bridgehead atoms. The first-order chi connectivity index (χ1) is 7.25. The molecule has 15 heavy (non-hydrogen) atoms. The molecule has 0 radical (unpaired) electrons. The highest BCUT2D eigenvalue weighted by Crippen LogP contribution is 2.21. The minimum absolute atomic E-state index is 0.301. The first-order valence-electron chi connectivity index (χ1n) is 4.05. The van der Waals surface area contributed by atoms with Crippen molar-refractivity contribution in [2.75, 3.05) is 5.32 Å². The smallest absolute Gasteiger partial charge is 0.174 e. The van der Waals surface area contributed by atoms with Crippen molar-refractivity contribution in [3.63, 3.8) is 0 Å². The van der Waals surface area contributed by atoms with Crippen molar-refractivity contribution in [1.82, 2.24) is 15.2 Å². The minimum Gasteiger partial charge on any atom is -0.377 e. The molecule has 0 saturated carbocycles. The Labute approximate surface area is 100 Å². The van der Waals surface area contributed by atoms with Crippen LogP contribution in [0.1, 0.15) is 5.69 Å². The molecule has 7 heteroatoms. The lowest BCUT2D eigenvalue weighted by Gasteiger charge is -2.05. The summed E-state index contributed by atoms with van der Waals surface area (Å²) in [5, 5.41) is 12.9. The third-order valence-electron chi connectivity index (χ3n) is 1.66. The lowest BCUT2D eigenvalue weighted by molar-refractivity contribution is 1.01. The maximum atomic E-state index is 5.82. The van der Waals surface area contributed by atoms with Gasteiger partial charge in [0.15, 0.2) is 10.3 Å². The molecule has 0 spiro atoms. The molecule has 2 aromatic heterocycles. The van der Waals surface area contributed by atoms with E-state index in [4.69, 9.17) is 23.2 Å². The van der Waals surface area contributed by atoms with Crippen LogP contribution in [-0.4, -0.2) is 15.2 Å². The van der Waals surface area contributed by atoms with Crippen molar-refractivity contribution in [2.24, 2.45) is 0 Å². The number of hydrogen-bond acceptors (Lipinski definition) is 5. The maximum absolute atomic E-state index is 5.82. The fourth-order valence-electron chi connectivity index (χ4n) is 0.988. The Morgan fingerprint density at radius 1 is 1.33 bits per heavy atom. The van der Waals surface area contributed by atoms with Crippen LogP contribution in [0.5, 0.6) is 0 Å². The summed E-state index contributed by atoms with van der Waals surface area (Å²) in [7, 11) is 0. The summed E-state index contributed by atoms with van der Waals surface area (Å²) in [5.74, 6) is 0. The number of hydrogen-bond donors (Lipinski definition) is 1. The van der Waals surface area contributed by atoms with Crippen LogP contribution in [0.2, 0.25) is 10.3 Å². The van der Waals surface area contributed by atoms with Gasteiger partial charge in [0.25, 0.3) is 0 Å². The summed E-state index contributed by atoms with van der Waals surface area (Å²) < 4.78 is 0. The number of nitrogens with one attached hydrogen (secondary N) is 1. The van der Waals surface area contributed by atoms with Crippen LogP contribution in [0.3, 0.4) is 0 Å². The molecule has 2 rings (SSSR count). The monoisotopic (exact) mass is 260 g/mol. The van der Waals surface area contributed by atoms with E-state index in [1.165, 1.54) is 0 Å². The Morgan fingerprint density at radius 3 is 2.93 bits per heavy atom. The van der Waals surface area contributed by atoms with Crippen molar-refractivity contribution < 1.29 is 0 Å². The Kier molecular flexibility index (Phi) is 3.35. The molecular weight excluding hydrogens is 255 g/mol. The van der Waals surface area contributed by atoms with Gasteiger partial charge in [-0.1, -0.05) is 23.2 Å². The number of thiazole rings is 1. The molecular formula is C8H6Cl2N4S. The van der Waals surface area contributed by atoms with Crippen molar-refractivity contribution in [3.05, 3.63) is 33.0 Å². The first-order valence-corrected chi connectivity index (χ1v) is 5.75. The Balaban J connectivity index is 2.07. The molecule has 2 heterocycles. The summed E-state index contributed by atoms with van der Waals surface area (Å²) in [6.45, 7) is 0.589. The predicted octanol–water partition coefficient (Wildman–Crippen LogP) is 2.85. The highest BCUT2D eigenvalue weighted by atomic mass is 35.5. The Bertz CT molecular complexity index is 446. The molecule has 0 aliphatic carbocycles. The van der Waals surface area contributed by atoms with E-state index in [2.05, 4.69) is 20.5 Å². The molecule has 0 aliphatic rings. The average molecular weight is 261 g/mol. The second kappa shape index (κ2) is 4.74. The van der Waals surface area contributed by atoms with Crippen molar-refractivity contribution in [2.45, 2.75) is 6.54 Å². The lowest BCUT2D eigenvalue weighted by atomic mass is 10.4. The summed E-state index contributed by atoms with van der Waals surface area (Å²) >= 11 is 13.1. The predicted molar refractivity (Wildman–Crippen MR) is 61.5 cm³/mol. The molecule has 0 unspecified atom stereocenters. The molecule has 0 aliphatic heterocycles. The van der Waals surface area contributed by atoms with Gasteiger partial charge < -0.3 is 5.32 Å². The Hall–Kier alpha value is -0.910. The number of nitrogens with zero attached hydrogens (tertiary/aromatic N) is 3. The van der Waals surface area contributed by atoms with E-state index < -0.39 is 0 Å². The molecule has 1 N–H and O–H groups in total. The van der Waals surface area contributed by atoms with Gasteiger partial charge in [0, 0.05) is 11.4 Å². The summed E-state index contributed by atoms with van der Waals surface area (Å²) in [5.41, 5.74) is 3.38. The zero-order valence-electron chi connectivity index (χ0n) is 7.44. The third-order valence-corrected chi connectivity index (χ3v) is 2.76. The Morgan fingerprint density at radius 2 is 2.20 bits per heavy atom. The van der Waals surface area contributed by atoms with E-state index >= 15 is 0 Å². The third kappa shape index (κ3) is 2.77. The molecule has 78 valence electrons. The fourth-order valence-corrected chi connectivity index (χ4v) is 1.85. The fraction of sp³-hybridized carbons (Fsp3) is 0.125. The highest BCUT2D eigenvalue weighted by Gasteiger charge is 2.04. The molecule has 0 amide bonds. The van der Waals surface area contributed by atoms with E-state index in [1.807, 2.05) is 5.38 Å². The minimum atomic E-state index is 0.301. The van der Waals surface area contributed by atoms with E-state index in [1.54, 1.807) is 22.9 Å². The van der Waals surface area contributed by atoms with Gasteiger partial charge in [-0.25, -0.2) is 4.98 Å². The number of anilines is 1. The molecule has 2 aromatic rings. The largest absolute Gasteiger partial charge is 0.377 e. The molecule has 4 nitrogen and oxygen atoms in total. The zero-order valence-corrected chi connectivity index (χ0v) is 9.77. The second-order valence-corrected chi connectivity index (χ2v) is 4.17. The van der Waals surface area contributed by atoms with E-state index in [0.29, 0.717) is 22.5 Å². The number of halogens is 2. The molecule has 0 atom stereocenters. The van der Waals surface area contributed by atoms with Gasteiger partial charge in [-0.05, 0) is 0 Å². The van der Waals surface area contributed by atoms with Crippen LogP contribution in [0.15, 0.2) is 17.0 Å².